The van der Waals surface area contributed by atoms with Gasteiger partial charge in [0.2, 0.25) is 0 Å². The van der Waals surface area contributed by atoms with E-state index in [9.17, 15) is 18.7 Å². The molecule has 1 atom stereocenters. The summed E-state index contributed by atoms with van der Waals surface area (Å²) in [5.74, 6) is -4.26. The molecule has 32 heavy (non-hydrogen) atoms. The lowest BCUT2D eigenvalue weighted by Gasteiger charge is -2.17. The van der Waals surface area contributed by atoms with Gasteiger partial charge in [-0.1, -0.05) is 54.6 Å². The molecule has 3 aromatic carbocycles. The first-order chi connectivity index (χ1) is 15.2. The van der Waals surface area contributed by atoms with Crippen LogP contribution in [-0.2, 0) is 17.9 Å². The lowest BCUT2D eigenvalue weighted by Crippen LogP contribution is -2.43. The van der Waals surface area contributed by atoms with Crippen molar-refractivity contribution in [1.82, 2.24) is 5.32 Å². The molecule has 0 saturated carbocycles. The number of nitrogens with one attached hydrogen (secondary N) is 1. The molecule has 0 bridgehead atoms. The first kappa shape index (κ1) is 23.2. The zero-order valence-corrected chi connectivity index (χ0v) is 17.7. The Kier molecular flexibility index (Phi) is 7.43. The lowest BCUT2D eigenvalue weighted by molar-refractivity contribution is -0.147. The van der Waals surface area contributed by atoms with E-state index < -0.39 is 24.3 Å². The summed E-state index contributed by atoms with van der Waals surface area (Å²) in [7, 11) is 0. The van der Waals surface area contributed by atoms with Crippen LogP contribution < -0.4 is 15.8 Å². The zero-order chi connectivity index (χ0) is 23.1. The maximum Gasteiger partial charge on any atom is 0.326 e. The average Bonchev–Trinajstić information content (AvgIpc) is 2.76. The van der Waals surface area contributed by atoms with Crippen molar-refractivity contribution in [1.29, 1.82) is 0 Å². The molecule has 0 aliphatic carbocycles. The Morgan fingerprint density at radius 3 is 2.38 bits per heavy atom. The molecule has 0 aliphatic rings. The van der Waals surface area contributed by atoms with Crippen LogP contribution in [0.1, 0.15) is 24.5 Å². The molecular weight excluding hydrogens is 414 g/mol. The number of ether oxygens (including phenoxy) is 1. The standard InChI is InChI=1S/C25H26F2N2O3/c1-17(28)14-25(26,27)24(31)29-15-18-7-9-20(10-8-18)21-11-22(30)13-23(12-21)32-16-19-5-3-2-4-6-19/h2-13,17,30H,14-16,28H2,1H3,(H,29,31). The van der Waals surface area contributed by atoms with Crippen LogP contribution in [0.25, 0.3) is 11.1 Å². The van der Waals surface area contributed by atoms with Crippen molar-refractivity contribution in [2.45, 2.75) is 38.5 Å². The largest absolute Gasteiger partial charge is 0.508 e. The molecule has 0 fully saturated rings. The van der Waals surface area contributed by atoms with E-state index in [0.717, 1.165) is 16.7 Å². The number of halogens is 2. The predicted octanol–water partition coefficient (Wildman–Crippen LogP) is 4.63. The highest BCUT2D eigenvalue weighted by atomic mass is 19.3. The molecule has 1 unspecified atom stereocenters. The molecule has 5 nitrogen and oxygen atoms in total. The average molecular weight is 440 g/mol. The fourth-order valence-corrected chi connectivity index (χ4v) is 3.20. The van der Waals surface area contributed by atoms with Crippen LogP contribution in [0.15, 0.2) is 72.8 Å². The smallest absolute Gasteiger partial charge is 0.326 e. The topological polar surface area (TPSA) is 84.6 Å². The summed E-state index contributed by atoms with van der Waals surface area (Å²) in [4.78, 5) is 11.7. The van der Waals surface area contributed by atoms with Gasteiger partial charge in [0, 0.05) is 25.1 Å². The molecule has 0 heterocycles. The monoisotopic (exact) mass is 440 g/mol. The molecule has 0 aliphatic heterocycles. The van der Waals surface area contributed by atoms with Gasteiger partial charge in [-0.25, -0.2) is 0 Å². The quantitative estimate of drug-likeness (QED) is 0.453. The van der Waals surface area contributed by atoms with Gasteiger partial charge in [0.15, 0.2) is 0 Å². The number of amides is 1. The second kappa shape index (κ2) is 10.2. The number of hydrogen-bond acceptors (Lipinski definition) is 4. The van der Waals surface area contributed by atoms with Crippen LogP contribution in [0.4, 0.5) is 8.78 Å². The van der Waals surface area contributed by atoms with E-state index in [1.807, 2.05) is 36.4 Å². The lowest BCUT2D eigenvalue weighted by atomic mass is 10.0. The second-order valence-electron chi connectivity index (χ2n) is 7.76. The molecule has 3 aromatic rings. The highest BCUT2D eigenvalue weighted by Crippen LogP contribution is 2.30. The van der Waals surface area contributed by atoms with Crippen LogP contribution in [0.2, 0.25) is 0 Å². The molecular formula is C25H26F2N2O3. The maximum atomic E-state index is 13.8. The molecule has 7 heteroatoms. The van der Waals surface area contributed by atoms with E-state index in [4.69, 9.17) is 10.5 Å². The summed E-state index contributed by atoms with van der Waals surface area (Å²) in [6.45, 7) is 1.77. The van der Waals surface area contributed by atoms with Gasteiger partial charge in [-0.15, -0.1) is 0 Å². The highest BCUT2D eigenvalue weighted by Gasteiger charge is 2.39. The molecule has 0 aromatic heterocycles. The van der Waals surface area contributed by atoms with Crippen molar-refractivity contribution in [3.63, 3.8) is 0 Å². The number of carbonyl (C=O) groups excluding carboxylic acids is 1. The van der Waals surface area contributed by atoms with Crippen LogP contribution in [-0.4, -0.2) is 23.0 Å². The van der Waals surface area contributed by atoms with Crippen LogP contribution in [0, 0.1) is 0 Å². The van der Waals surface area contributed by atoms with Gasteiger partial charge in [-0.05, 0) is 41.3 Å². The number of phenols is 1. The summed E-state index contributed by atoms with van der Waals surface area (Å²) >= 11 is 0. The minimum Gasteiger partial charge on any atom is -0.508 e. The van der Waals surface area contributed by atoms with Gasteiger partial charge >= 0.3 is 5.92 Å². The van der Waals surface area contributed by atoms with Crippen LogP contribution in [0.5, 0.6) is 11.5 Å². The van der Waals surface area contributed by atoms with Crippen molar-refractivity contribution >= 4 is 5.91 Å². The van der Waals surface area contributed by atoms with E-state index >= 15 is 0 Å². The van der Waals surface area contributed by atoms with Crippen molar-refractivity contribution in [3.8, 4) is 22.6 Å². The van der Waals surface area contributed by atoms with E-state index in [2.05, 4.69) is 5.32 Å². The summed E-state index contributed by atoms with van der Waals surface area (Å²) in [6, 6.07) is 20.9. The van der Waals surface area contributed by atoms with E-state index in [1.165, 1.54) is 6.92 Å². The van der Waals surface area contributed by atoms with Crippen LogP contribution >= 0.6 is 0 Å². The van der Waals surface area contributed by atoms with Gasteiger partial charge < -0.3 is 20.9 Å². The SMILES string of the molecule is CC(N)CC(F)(F)C(=O)NCc1ccc(-c2cc(O)cc(OCc3ccccc3)c2)cc1. The zero-order valence-electron chi connectivity index (χ0n) is 17.7. The minimum absolute atomic E-state index is 0.0286. The fourth-order valence-electron chi connectivity index (χ4n) is 3.20. The summed E-state index contributed by atoms with van der Waals surface area (Å²) in [6.07, 6.45) is -0.704. The molecule has 3 rings (SSSR count). The van der Waals surface area contributed by atoms with Crippen LogP contribution in [0.3, 0.4) is 0 Å². The number of aromatic hydroxyl groups is 1. The maximum absolute atomic E-state index is 13.8. The van der Waals surface area contributed by atoms with Gasteiger partial charge in [-0.3, -0.25) is 4.79 Å². The molecule has 0 saturated heterocycles. The fraction of sp³-hybridized carbons (Fsp3) is 0.240. The summed E-state index contributed by atoms with van der Waals surface area (Å²) < 4.78 is 33.3. The number of carbonyl (C=O) groups is 1. The number of hydrogen-bond donors (Lipinski definition) is 3. The first-order valence-electron chi connectivity index (χ1n) is 10.2. The Morgan fingerprint density at radius 1 is 1.03 bits per heavy atom. The third kappa shape index (κ3) is 6.52. The van der Waals surface area contributed by atoms with Gasteiger partial charge in [0.25, 0.3) is 5.91 Å². The predicted molar refractivity (Wildman–Crippen MR) is 119 cm³/mol. The first-order valence-corrected chi connectivity index (χ1v) is 10.2. The Morgan fingerprint density at radius 2 is 1.72 bits per heavy atom. The number of nitrogens with two attached hydrogens (primary N) is 1. The van der Waals surface area contributed by atoms with E-state index in [-0.39, 0.29) is 12.3 Å². The Labute approximate surface area is 185 Å². The molecule has 168 valence electrons. The normalized spacial score (nSPS) is 12.2. The second-order valence-corrected chi connectivity index (χ2v) is 7.76. The third-order valence-corrected chi connectivity index (χ3v) is 4.79. The van der Waals surface area contributed by atoms with Crippen molar-refractivity contribution < 1.29 is 23.4 Å². The number of rotatable bonds is 9. The molecule has 4 N–H and O–H groups in total. The summed E-state index contributed by atoms with van der Waals surface area (Å²) in [5.41, 5.74) is 8.61. The van der Waals surface area contributed by atoms with E-state index in [1.54, 1.807) is 36.4 Å². The molecule has 0 spiro atoms. The van der Waals surface area contributed by atoms with Gasteiger partial charge in [-0.2, -0.15) is 8.78 Å². The highest BCUT2D eigenvalue weighted by molar-refractivity contribution is 5.83. The Bertz CT molecular complexity index is 1040. The van der Waals surface area contributed by atoms with Gasteiger partial charge in [0.05, 0.1) is 0 Å². The van der Waals surface area contributed by atoms with Gasteiger partial charge in [0.1, 0.15) is 18.1 Å². The Balaban J connectivity index is 1.64. The number of phenolic OH excluding ortho intramolecular Hbond substituents is 1. The van der Waals surface area contributed by atoms with Crippen molar-refractivity contribution in [2.75, 3.05) is 0 Å². The Hall–Kier alpha value is -3.45. The van der Waals surface area contributed by atoms with Crippen molar-refractivity contribution in [2.24, 2.45) is 5.73 Å². The minimum atomic E-state index is -3.51. The van der Waals surface area contributed by atoms with Crippen molar-refractivity contribution in [3.05, 3.63) is 83.9 Å². The molecule has 1 amide bonds. The molecule has 0 radical (unpaired) electrons. The number of alkyl halides is 2. The third-order valence-electron chi connectivity index (χ3n) is 4.79. The number of benzene rings is 3. The summed E-state index contributed by atoms with van der Waals surface area (Å²) in [5, 5.41) is 12.3. The van der Waals surface area contributed by atoms with E-state index in [0.29, 0.717) is 17.9 Å².